The molecule has 0 amide bonds. The minimum Gasteiger partial charge on any atom is -0.481 e. The molecule has 0 bridgehead atoms. The first kappa shape index (κ1) is 36.2. The fourth-order valence-corrected chi connectivity index (χ4v) is 10.5. The second kappa shape index (κ2) is 16.4. The lowest BCUT2D eigenvalue weighted by Crippen LogP contribution is -2.53. The van der Waals surface area contributed by atoms with Gasteiger partial charge in [0.15, 0.2) is 5.78 Å². The number of aliphatic carboxylic acids is 1. The first-order valence-corrected chi connectivity index (χ1v) is 19.1. The Labute approximate surface area is 275 Å². The number of hydrogen-bond acceptors (Lipinski definition) is 4. The van der Waals surface area contributed by atoms with Gasteiger partial charge in [-0.3, -0.25) is 14.4 Å². The molecule has 8 unspecified atom stereocenters. The third-order valence-electron chi connectivity index (χ3n) is 13.2. The molecule has 3 fully saturated rings. The van der Waals surface area contributed by atoms with Crippen LogP contribution in [0.4, 0.5) is 0 Å². The summed E-state index contributed by atoms with van der Waals surface area (Å²) in [4.78, 5) is 37.2. The molecule has 0 radical (unpaired) electrons. The number of carbonyl (C=O) groups is 3. The van der Waals surface area contributed by atoms with Crippen molar-refractivity contribution in [2.24, 2.45) is 46.3 Å². The molecule has 0 aromatic heterocycles. The van der Waals surface area contributed by atoms with Gasteiger partial charge in [-0.05, 0) is 97.9 Å². The van der Waals surface area contributed by atoms with Crippen molar-refractivity contribution >= 4 is 17.7 Å². The molecule has 0 spiro atoms. The van der Waals surface area contributed by atoms with E-state index >= 15 is 0 Å². The molecule has 0 heterocycles. The summed E-state index contributed by atoms with van der Waals surface area (Å²) in [5.41, 5.74) is 1.63. The van der Waals surface area contributed by atoms with E-state index in [1.807, 2.05) is 6.08 Å². The van der Waals surface area contributed by atoms with Crippen LogP contribution < -0.4 is 0 Å². The average molecular weight is 627 g/mol. The number of carboxylic acid groups (broad SMARTS) is 1. The summed E-state index contributed by atoms with van der Waals surface area (Å²) in [7, 11) is 0. The van der Waals surface area contributed by atoms with E-state index in [0.717, 1.165) is 75.5 Å². The van der Waals surface area contributed by atoms with Crippen molar-refractivity contribution in [2.75, 3.05) is 0 Å². The SMILES string of the molecule is CC(C)CCCC(C)C1CCC2C3C(=O)C=C4CC(OC(=O)CCCCCCCCCCCC(=O)O)CCC4(C)C3CCC12C. The van der Waals surface area contributed by atoms with Crippen molar-refractivity contribution in [3.63, 3.8) is 0 Å². The molecular weight excluding hydrogens is 560 g/mol. The van der Waals surface area contributed by atoms with Crippen molar-refractivity contribution in [1.82, 2.24) is 0 Å². The van der Waals surface area contributed by atoms with Crippen molar-refractivity contribution in [1.29, 1.82) is 0 Å². The molecule has 256 valence electrons. The zero-order valence-corrected chi connectivity index (χ0v) is 29.5. The summed E-state index contributed by atoms with van der Waals surface area (Å²) in [6.07, 6.45) is 23.8. The van der Waals surface area contributed by atoms with Gasteiger partial charge < -0.3 is 9.84 Å². The Kier molecular flexibility index (Phi) is 13.2. The van der Waals surface area contributed by atoms with Gasteiger partial charge in [0.1, 0.15) is 6.10 Å². The lowest BCUT2D eigenvalue weighted by molar-refractivity contribution is -0.152. The number of esters is 1. The molecule has 5 heteroatoms. The number of fused-ring (bicyclic) bond motifs is 5. The highest BCUT2D eigenvalue weighted by molar-refractivity contribution is 5.94. The smallest absolute Gasteiger partial charge is 0.306 e. The monoisotopic (exact) mass is 626 g/mol. The zero-order valence-electron chi connectivity index (χ0n) is 29.5. The summed E-state index contributed by atoms with van der Waals surface area (Å²) >= 11 is 0. The van der Waals surface area contributed by atoms with Gasteiger partial charge in [0.05, 0.1) is 0 Å². The number of allylic oxidation sites excluding steroid dienone is 1. The molecular formula is C40H66O5. The van der Waals surface area contributed by atoms with E-state index in [9.17, 15) is 14.4 Å². The van der Waals surface area contributed by atoms with E-state index in [0.29, 0.717) is 29.5 Å². The predicted octanol–water partition coefficient (Wildman–Crippen LogP) is 10.5. The molecule has 5 nitrogen and oxygen atoms in total. The Morgan fingerprint density at radius 2 is 1.47 bits per heavy atom. The summed E-state index contributed by atoms with van der Waals surface area (Å²) in [5.74, 6) is 3.03. The maximum Gasteiger partial charge on any atom is 0.306 e. The predicted molar refractivity (Wildman–Crippen MR) is 182 cm³/mol. The normalized spacial score (nSPS) is 33.2. The van der Waals surface area contributed by atoms with Gasteiger partial charge in [-0.1, -0.05) is 104 Å². The van der Waals surface area contributed by atoms with Crippen LogP contribution in [0.1, 0.15) is 169 Å². The van der Waals surface area contributed by atoms with Gasteiger partial charge in [0, 0.05) is 25.2 Å². The topological polar surface area (TPSA) is 80.7 Å². The van der Waals surface area contributed by atoms with E-state index in [2.05, 4.69) is 34.6 Å². The highest BCUT2D eigenvalue weighted by Gasteiger charge is 2.61. The van der Waals surface area contributed by atoms with Crippen LogP contribution in [0.5, 0.6) is 0 Å². The number of carbonyl (C=O) groups excluding carboxylic acids is 2. The summed E-state index contributed by atoms with van der Waals surface area (Å²) in [5, 5.41) is 8.70. The molecule has 0 aromatic rings. The number of ether oxygens (including phenoxy) is 1. The summed E-state index contributed by atoms with van der Waals surface area (Å²) < 4.78 is 6.00. The third-order valence-corrected chi connectivity index (χ3v) is 13.2. The second-order valence-corrected chi connectivity index (χ2v) is 16.7. The highest BCUT2D eigenvalue weighted by Crippen LogP contribution is 2.66. The maximum absolute atomic E-state index is 13.9. The van der Waals surface area contributed by atoms with Crippen LogP contribution in [0, 0.1) is 46.3 Å². The van der Waals surface area contributed by atoms with E-state index in [4.69, 9.17) is 9.84 Å². The molecule has 1 N–H and O–H groups in total. The Morgan fingerprint density at radius 1 is 0.822 bits per heavy atom. The van der Waals surface area contributed by atoms with Crippen LogP contribution in [0.15, 0.2) is 11.6 Å². The van der Waals surface area contributed by atoms with Crippen LogP contribution in [-0.2, 0) is 19.1 Å². The number of unbranched alkanes of at least 4 members (excludes halogenated alkanes) is 8. The molecule has 0 aromatic carbocycles. The van der Waals surface area contributed by atoms with Crippen LogP contribution in [0.3, 0.4) is 0 Å². The molecule has 4 aliphatic carbocycles. The van der Waals surface area contributed by atoms with Crippen molar-refractivity contribution < 1.29 is 24.2 Å². The molecule has 45 heavy (non-hydrogen) atoms. The maximum atomic E-state index is 13.9. The van der Waals surface area contributed by atoms with Gasteiger partial charge in [0.25, 0.3) is 0 Å². The van der Waals surface area contributed by atoms with E-state index in [-0.39, 0.29) is 29.8 Å². The molecule has 0 aliphatic heterocycles. The number of carboxylic acids is 1. The van der Waals surface area contributed by atoms with Gasteiger partial charge in [-0.15, -0.1) is 0 Å². The molecule has 3 saturated carbocycles. The lowest BCUT2D eigenvalue weighted by atomic mass is 9.46. The Balaban J connectivity index is 1.21. The zero-order chi connectivity index (χ0) is 32.6. The van der Waals surface area contributed by atoms with Crippen molar-refractivity contribution in [3.05, 3.63) is 11.6 Å². The quantitative estimate of drug-likeness (QED) is 0.121. The third kappa shape index (κ3) is 9.04. The van der Waals surface area contributed by atoms with Crippen molar-refractivity contribution in [2.45, 2.75) is 176 Å². The number of ketones is 1. The Bertz CT molecular complexity index is 1030. The standard InChI is InChI=1S/C40H66O5/c1-28(2)16-15-17-29(3)32-20-21-33-38-34(23-25-40(32,33)5)39(4)24-22-31(26-30(39)27-35(38)41)45-37(44)19-14-12-10-8-6-7-9-11-13-18-36(42)43/h27-29,31-34,38H,6-26H2,1-5H3,(H,42,43). The summed E-state index contributed by atoms with van der Waals surface area (Å²) in [6, 6.07) is 0. The van der Waals surface area contributed by atoms with Crippen LogP contribution in [0.2, 0.25) is 0 Å². The van der Waals surface area contributed by atoms with Crippen LogP contribution >= 0.6 is 0 Å². The van der Waals surface area contributed by atoms with E-state index in [1.54, 1.807) is 0 Å². The largest absolute Gasteiger partial charge is 0.481 e. The molecule has 8 atom stereocenters. The minimum absolute atomic E-state index is 0.0695. The number of hydrogen-bond donors (Lipinski definition) is 1. The van der Waals surface area contributed by atoms with Gasteiger partial charge in [-0.25, -0.2) is 0 Å². The highest BCUT2D eigenvalue weighted by atomic mass is 16.5. The molecule has 0 saturated heterocycles. The first-order valence-electron chi connectivity index (χ1n) is 19.1. The summed E-state index contributed by atoms with van der Waals surface area (Å²) in [6.45, 7) is 12.1. The van der Waals surface area contributed by atoms with E-state index in [1.165, 1.54) is 69.8 Å². The minimum atomic E-state index is -0.698. The average Bonchev–Trinajstić information content (AvgIpc) is 3.33. The van der Waals surface area contributed by atoms with Crippen molar-refractivity contribution in [3.8, 4) is 0 Å². The van der Waals surface area contributed by atoms with Crippen LogP contribution in [0.25, 0.3) is 0 Å². The first-order chi connectivity index (χ1) is 21.5. The number of rotatable bonds is 18. The fraction of sp³-hybridized carbons (Fsp3) is 0.875. The molecule has 4 aliphatic rings. The van der Waals surface area contributed by atoms with Gasteiger partial charge in [0.2, 0.25) is 0 Å². The van der Waals surface area contributed by atoms with Gasteiger partial charge in [-0.2, -0.15) is 0 Å². The lowest BCUT2D eigenvalue weighted by Gasteiger charge is -2.57. The second-order valence-electron chi connectivity index (χ2n) is 16.7. The molecule has 4 rings (SSSR count). The Morgan fingerprint density at radius 3 is 2.11 bits per heavy atom. The fourth-order valence-electron chi connectivity index (χ4n) is 10.5. The van der Waals surface area contributed by atoms with Gasteiger partial charge >= 0.3 is 11.9 Å². The van der Waals surface area contributed by atoms with Crippen LogP contribution in [-0.4, -0.2) is 28.9 Å². The van der Waals surface area contributed by atoms with E-state index < -0.39 is 5.97 Å². The Hall–Kier alpha value is -1.65.